The van der Waals surface area contributed by atoms with Crippen molar-refractivity contribution < 1.29 is 0 Å². The van der Waals surface area contributed by atoms with E-state index in [2.05, 4.69) is 56.9 Å². The normalized spacial score (nSPS) is 21.7. The van der Waals surface area contributed by atoms with Crippen LogP contribution in [0.4, 0.5) is 5.69 Å². The molecule has 1 aromatic rings. The zero-order valence-corrected chi connectivity index (χ0v) is 12.8. The lowest BCUT2D eigenvalue weighted by Crippen LogP contribution is -2.25. The average Bonchev–Trinajstić information content (AvgIpc) is 2.87. The molecule has 0 aromatic heterocycles. The first kappa shape index (κ1) is 14.4. The Labute approximate surface area is 118 Å². The third-order valence-electron chi connectivity index (χ3n) is 4.54. The van der Waals surface area contributed by atoms with Gasteiger partial charge in [0.2, 0.25) is 0 Å². The van der Waals surface area contributed by atoms with Crippen molar-refractivity contribution in [3.8, 4) is 0 Å². The Balaban J connectivity index is 2.04. The van der Waals surface area contributed by atoms with E-state index in [0.717, 1.165) is 12.3 Å². The molecule has 0 spiro atoms. The van der Waals surface area contributed by atoms with Crippen molar-refractivity contribution in [2.75, 3.05) is 18.0 Å². The lowest BCUT2D eigenvalue weighted by Gasteiger charge is -2.27. The van der Waals surface area contributed by atoms with E-state index in [1.807, 2.05) is 0 Å². The van der Waals surface area contributed by atoms with Gasteiger partial charge < -0.3 is 10.6 Å². The van der Waals surface area contributed by atoms with Gasteiger partial charge in [0.05, 0.1) is 0 Å². The van der Waals surface area contributed by atoms with Gasteiger partial charge in [0, 0.05) is 24.8 Å². The highest BCUT2D eigenvalue weighted by molar-refractivity contribution is 5.49. The maximum atomic E-state index is 6.06. The first-order chi connectivity index (χ1) is 8.91. The minimum absolute atomic E-state index is 0.176. The second-order valence-corrected chi connectivity index (χ2v) is 6.90. The lowest BCUT2D eigenvalue weighted by atomic mass is 9.80. The molecule has 1 aliphatic rings. The molecule has 2 heteroatoms. The first-order valence-electron chi connectivity index (χ1n) is 7.52. The van der Waals surface area contributed by atoms with Gasteiger partial charge in [-0.05, 0) is 41.9 Å². The number of hydrogen-bond acceptors (Lipinski definition) is 2. The Morgan fingerprint density at radius 1 is 1.26 bits per heavy atom. The molecule has 0 aliphatic carbocycles. The molecule has 1 aromatic carbocycles. The van der Waals surface area contributed by atoms with Gasteiger partial charge in [-0.25, -0.2) is 0 Å². The van der Waals surface area contributed by atoms with Crippen molar-refractivity contribution in [2.45, 2.75) is 46.6 Å². The van der Waals surface area contributed by atoms with Crippen LogP contribution in [0.15, 0.2) is 24.3 Å². The van der Waals surface area contributed by atoms with Crippen LogP contribution in [0, 0.1) is 11.3 Å². The zero-order valence-electron chi connectivity index (χ0n) is 12.8. The molecule has 0 saturated carbocycles. The molecule has 2 N–H and O–H groups in total. The first-order valence-corrected chi connectivity index (χ1v) is 7.52. The Morgan fingerprint density at radius 2 is 1.89 bits per heavy atom. The minimum atomic E-state index is 0.176. The number of rotatable bonds is 3. The van der Waals surface area contributed by atoms with Crippen molar-refractivity contribution in [3.63, 3.8) is 0 Å². The van der Waals surface area contributed by atoms with Crippen LogP contribution in [0.25, 0.3) is 0 Å². The summed E-state index contributed by atoms with van der Waals surface area (Å²) in [6.45, 7) is 11.6. The summed E-state index contributed by atoms with van der Waals surface area (Å²) in [5.74, 6) is 0.796. The fraction of sp³-hybridized carbons (Fsp3) is 0.647. The Bertz CT molecular complexity index is 402. The Kier molecular flexibility index (Phi) is 4.19. The minimum Gasteiger partial charge on any atom is -0.371 e. The summed E-state index contributed by atoms with van der Waals surface area (Å²) in [6, 6.07) is 9.02. The van der Waals surface area contributed by atoms with Gasteiger partial charge in [-0.2, -0.15) is 0 Å². The molecular formula is C17H28N2. The van der Waals surface area contributed by atoms with Gasteiger partial charge in [-0.3, -0.25) is 0 Å². The molecule has 1 fully saturated rings. The summed E-state index contributed by atoms with van der Waals surface area (Å²) in [6.07, 6.45) is 2.30. The highest BCUT2D eigenvalue weighted by atomic mass is 15.2. The second kappa shape index (κ2) is 5.54. The molecule has 0 amide bonds. The predicted octanol–water partition coefficient (Wildman–Crippen LogP) is 3.97. The lowest BCUT2D eigenvalue weighted by molar-refractivity contribution is 0.263. The molecule has 2 rings (SSSR count). The second-order valence-electron chi connectivity index (χ2n) is 6.90. The van der Waals surface area contributed by atoms with Crippen LogP contribution < -0.4 is 10.6 Å². The highest BCUT2D eigenvalue weighted by Crippen LogP contribution is 2.35. The summed E-state index contributed by atoms with van der Waals surface area (Å²) in [4.78, 5) is 2.51. The van der Waals surface area contributed by atoms with Crippen molar-refractivity contribution >= 4 is 5.69 Å². The smallest absolute Gasteiger partial charge is 0.0366 e. The van der Waals surface area contributed by atoms with Crippen LogP contribution in [-0.2, 0) is 0 Å². The van der Waals surface area contributed by atoms with Crippen LogP contribution in [0.5, 0.6) is 0 Å². The molecule has 2 nitrogen and oxygen atoms in total. The fourth-order valence-corrected chi connectivity index (χ4v) is 2.87. The summed E-state index contributed by atoms with van der Waals surface area (Å²) in [7, 11) is 0. The molecule has 19 heavy (non-hydrogen) atoms. The maximum absolute atomic E-state index is 6.06. The SMILES string of the molecule is CC[C@@H](N)c1ccc(N2CCC(C(C)(C)C)C2)cc1. The number of nitrogens with two attached hydrogens (primary N) is 1. The zero-order chi connectivity index (χ0) is 14.0. The van der Waals surface area contributed by atoms with Crippen LogP contribution in [0.3, 0.4) is 0 Å². The van der Waals surface area contributed by atoms with Crippen molar-refractivity contribution in [2.24, 2.45) is 17.1 Å². The van der Waals surface area contributed by atoms with Gasteiger partial charge in [0.1, 0.15) is 0 Å². The van der Waals surface area contributed by atoms with E-state index in [1.165, 1.54) is 30.8 Å². The number of hydrogen-bond donors (Lipinski definition) is 1. The largest absolute Gasteiger partial charge is 0.371 e. The highest BCUT2D eigenvalue weighted by Gasteiger charge is 2.31. The van der Waals surface area contributed by atoms with E-state index < -0.39 is 0 Å². The Hall–Kier alpha value is -1.02. The Morgan fingerprint density at radius 3 is 2.37 bits per heavy atom. The maximum Gasteiger partial charge on any atom is 0.0366 e. The van der Waals surface area contributed by atoms with Gasteiger partial charge >= 0.3 is 0 Å². The van der Waals surface area contributed by atoms with E-state index in [-0.39, 0.29) is 6.04 Å². The summed E-state index contributed by atoms with van der Waals surface area (Å²) < 4.78 is 0. The molecule has 106 valence electrons. The monoisotopic (exact) mass is 260 g/mol. The topological polar surface area (TPSA) is 29.3 Å². The van der Waals surface area contributed by atoms with E-state index in [1.54, 1.807) is 0 Å². The number of anilines is 1. The summed E-state index contributed by atoms with van der Waals surface area (Å²) in [5, 5.41) is 0. The molecular weight excluding hydrogens is 232 g/mol. The van der Waals surface area contributed by atoms with Crippen molar-refractivity contribution in [3.05, 3.63) is 29.8 Å². The van der Waals surface area contributed by atoms with Crippen LogP contribution >= 0.6 is 0 Å². The van der Waals surface area contributed by atoms with E-state index in [9.17, 15) is 0 Å². The summed E-state index contributed by atoms with van der Waals surface area (Å²) >= 11 is 0. The van der Waals surface area contributed by atoms with Crippen LogP contribution in [0.1, 0.15) is 52.1 Å². The third-order valence-corrected chi connectivity index (χ3v) is 4.54. The molecule has 1 heterocycles. The molecule has 0 radical (unpaired) electrons. The summed E-state index contributed by atoms with van der Waals surface area (Å²) in [5.41, 5.74) is 9.07. The van der Waals surface area contributed by atoms with Gasteiger partial charge in [-0.15, -0.1) is 0 Å². The third kappa shape index (κ3) is 3.30. The average molecular weight is 260 g/mol. The van der Waals surface area contributed by atoms with Crippen LogP contribution in [0.2, 0.25) is 0 Å². The molecule has 1 unspecified atom stereocenters. The van der Waals surface area contributed by atoms with E-state index >= 15 is 0 Å². The van der Waals surface area contributed by atoms with Crippen molar-refractivity contribution in [1.82, 2.24) is 0 Å². The standard InChI is InChI=1S/C17H28N2/c1-5-16(18)13-6-8-15(9-7-13)19-11-10-14(12-19)17(2,3)4/h6-9,14,16H,5,10-12,18H2,1-4H3/t14?,16-/m1/s1. The number of nitrogens with zero attached hydrogens (tertiary/aromatic N) is 1. The predicted molar refractivity (Wildman–Crippen MR) is 83.4 cm³/mol. The molecule has 0 bridgehead atoms. The van der Waals surface area contributed by atoms with E-state index in [4.69, 9.17) is 5.73 Å². The van der Waals surface area contributed by atoms with Gasteiger partial charge in [0.15, 0.2) is 0 Å². The van der Waals surface area contributed by atoms with Crippen LogP contribution in [-0.4, -0.2) is 13.1 Å². The fourth-order valence-electron chi connectivity index (χ4n) is 2.87. The van der Waals surface area contributed by atoms with Crippen molar-refractivity contribution in [1.29, 1.82) is 0 Å². The molecule has 2 atom stereocenters. The molecule has 1 saturated heterocycles. The van der Waals surface area contributed by atoms with E-state index in [0.29, 0.717) is 5.41 Å². The van der Waals surface area contributed by atoms with Gasteiger partial charge in [0.25, 0.3) is 0 Å². The quantitative estimate of drug-likeness (QED) is 0.891. The molecule has 1 aliphatic heterocycles. The van der Waals surface area contributed by atoms with Gasteiger partial charge in [-0.1, -0.05) is 39.8 Å². The number of benzene rings is 1.